The zero-order chi connectivity index (χ0) is 12.7. The maximum Gasteiger partial charge on any atom is 0.152 e. The van der Waals surface area contributed by atoms with Crippen molar-refractivity contribution >= 4 is 5.71 Å². The fourth-order valence-corrected chi connectivity index (χ4v) is 1.28. The van der Waals surface area contributed by atoms with Crippen LogP contribution in [0.1, 0.15) is 23.8 Å². The maximum absolute atomic E-state index is 7.86. The molecular formula is C14H17NO2. The van der Waals surface area contributed by atoms with Gasteiger partial charge in [0.15, 0.2) is 5.76 Å². The third-order valence-electron chi connectivity index (χ3n) is 2.11. The van der Waals surface area contributed by atoms with Crippen LogP contribution in [-0.2, 0) is 0 Å². The number of furan rings is 1. The quantitative estimate of drug-likeness (QED) is 0.780. The number of aryl methyl sites for hydroxylation is 1. The topological polar surface area (TPSA) is 57.2 Å². The Morgan fingerprint density at radius 3 is 2.29 bits per heavy atom. The first-order chi connectivity index (χ1) is 8.19. The van der Waals surface area contributed by atoms with Gasteiger partial charge in [0.1, 0.15) is 5.71 Å². The summed E-state index contributed by atoms with van der Waals surface area (Å²) in [5.74, 6) is 0.605. The highest BCUT2D eigenvalue weighted by atomic mass is 16.3. The summed E-state index contributed by atoms with van der Waals surface area (Å²) < 4.78 is 5.16. The normalized spacial score (nSPS) is 9.35. The average Bonchev–Trinajstić information content (AvgIpc) is 2.83. The standard InChI is InChI=1S/C12H11NO.C2H6O/c1-9-4-6-10(7-5-9)12(13)11-3-2-8-14-11;1-2-3/h2-8,13H,1H3;3H,2H2,1H3. The minimum absolute atomic E-state index is 0.250. The molecule has 0 fully saturated rings. The molecule has 0 unspecified atom stereocenters. The highest BCUT2D eigenvalue weighted by molar-refractivity contribution is 6.08. The molecular weight excluding hydrogens is 214 g/mol. The van der Waals surface area contributed by atoms with Crippen LogP contribution in [0.15, 0.2) is 47.1 Å². The van der Waals surface area contributed by atoms with E-state index in [-0.39, 0.29) is 6.61 Å². The predicted molar refractivity (Wildman–Crippen MR) is 68.6 cm³/mol. The van der Waals surface area contributed by atoms with Crippen LogP contribution in [0.5, 0.6) is 0 Å². The lowest BCUT2D eigenvalue weighted by molar-refractivity contribution is 0.318. The molecule has 2 aromatic rings. The maximum atomic E-state index is 7.86. The third-order valence-corrected chi connectivity index (χ3v) is 2.11. The molecule has 0 radical (unpaired) electrons. The van der Waals surface area contributed by atoms with Gasteiger partial charge in [0, 0.05) is 12.2 Å². The summed E-state index contributed by atoms with van der Waals surface area (Å²) >= 11 is 0. The van der Waals surface area contributed by atoms with Crippen LogP contribution < -0.4 is 0 Å². The minimum atomic E-state index is 0.250. The number of hydrogen-bond acceptors (Lipinski definition) is 3. The molecule has 1 aromatic carbocycles. The molecule has 90 valence electrons. The summed E-state index contributed by atoms with van der Waals surface area (Å²) in [5, 5.41) is 15.4. The van der Waals surface area contributed by atoms with E-state index >= 15 is 0 Å². The van der Waals surface area contributed by atoms with Crippen LogP contribution in [0.2, 0.25) is 0 Å². The number of benzene rings is 1. The Morgan fingerprint density at radius 1 is 1.24 bits per heavy atom. The summed E-state index contributed by atoms with van der Waals surface area (Å²) in [6, 6.07) is 11.4. The Morgan fingerprint density at radius 2 is 1.82 bits per heavy atom. The largest absolute Gasteiger partial charge is 0.463 e. The molecule has 0 aliphatic rings. The molecule has 0 aliphatic heterocycles. The molecule has 17 heavy (non-hydrogen) atoms. The number of hydrogen-bond donors (Lipinski definition) is 2. The highest BCUT2D eigenvalue weighted by Crippen LogP contribution is 2.10. The van der Waals surface area contributed by atoms with Crippen molar-refractivity contribution in [3.63, 3.8) is 0 Å². The van der Waals surface area contributed by atoms with E-state index in [1.165, 1.54) is 5.56 Å². The molecule has 0 amide bonds. The van der Waals surface area contributed by atoms with Crippen molar-refractivity contribution in [3.05, 3.63) is 59.5 Å². The molecule has 3 heteroatoms. The Kier molecular flexibility index (Phi) is 5.17. The second-order valence-electron chi connectivity index (χ2n) is 3.53. The van der Waals surface area contributed by atoms with E-state index in [0.29, 0.717) is 11.5 Å². The van der Waals surface area contributed by atoms with E-state index in [9.17, 15) is 0 Å². The molecule has 1 aromatic heterocycles. The van der Waals surface area contributed by atoms with Crippen LogP contribution >= 0.6 is 0 Å². The summed E-state index contributed by atoms with van der Waals surface area (Å²) in [5.41, 5.74) is 2.50. The molecule has 0 bridgehead atoms. The Hall–Kier alpha value is -1.87. The predicted octanol–water partition coefficient (Wildman–Crippen LogP) is 3.00. The van der Waals surface area contributed by atoms with Gasteiger partial charge in [-0.05, 0) is 26.0 Å². The first kappa shape index (κ1) is 13.2. The lowest BCUT2D eigenvalue weighted by atomic mass is 10.1. The molecule has 0 saturated carbocycles. The van der Waals surface area contributed by atoms with Crippen molar-refractivity contribution in [2.45, 2.75) is 13.8 Å². The summed E-state index contributed by atoms with van der Waals surface area (Å²) in [6.45, 7) is 3.96. The van der Waals surface area contributed by atoms with Crippen molar-refractivity contribution in [2.75, 3.05) is 6.61 Å². The van der Waals surface area contributed by atoms with Crippen molar-refractivity contribution < 1.29 is 9.52 Å². The van der Waals surface area contributed by atoms with Gasteiger partial charge in [0.05, 0.1) is 6.26 Å². The summed E-state index contributed by atoms with van der Waals surface area (Å²) in [7, 11) is 0. The Balaban J connectivity index is 0.000000437. The first-order valence-corrected chi connectivity index (χ1v) is 5.49. The first-order valence-electron chi connectivity index (χ1n) is 5.49. The SMILES string of the molecule is CCO.Cc1ccc(C(=N)c2ccco2)cc1. The second kappa shape index (κ2) is 6.66. The zero-order valence-electron chi connectivity index (χ0n) is 10.1. The van der Waals surface area contributed by atoms with Gasteiger partial charge in [0.2, 0.25) is 0 Å². The van der Waals surface area contributed by atoms with Crippen LogP contribution in [0, 0.1) is 12.3 Å². The van der Waals surface area contributed by atoms with Crippen molar-refractivity contribution in [1.82, 2.24) is 0 Å². The van der Waals surface area contributed by atoms with Crippen LogP contribution in [-0.4, -0.2) is 17.4 Å². The Bertz CT molecular complexity index is 444. The fraction of sp³-hybridized carbons (Fsp3) is 0.214. The highest BCUT2D eigenvalue weighted by Gasteiger charge is 2.05. The molecule has 0 atom stereocenters. The number of aliphatic hydroxyl groups is 1. The molecule has 0 aliphatic carbocycles. The van der Waals surface area contributed by atoms with Crippen LogP contribution in [0.3, 0.4) is 0 Å². The number of aliphatic hydroxyl groups excluding tert-OH is 1. The average molecular weight is 231 g/mol. The summed E-state index contributed by atoms with van der Waals surface area (Å²) in [4.78, 5) is 0. The van der Waals surface area contributed by atoms with E-state index < -0.39 is 0 Å². The smallest absolute Gasteiger partial charge is 0.152 e. The van der Waals surface area contributed by atoms with Gasteiger partial charge in [-0.25, -0.2) is 0 Å². The second-order valence-corrected chi connectivity index (χ2v) is 3.53. The van der Waals surface area contributed by atoms with E-state index in [4.69, 9.17) is 14.9 Å². The van der Waals surface area contributed by atoms with E-state index in [2.05, 4.69) is 0 Å². The zero-order valence-corrected chi connectivity index (χ0v) is 10.1. The molecule has 0 spiro atoms. The molecule has 1 heterocycles. The van der Waals surface area contributed by atoms with Gasteiger partial charge in [0.25, 0.3) is 0 Å². The molecule has 3 nitrogen and oxygen atoms in total. The minimum Gasteiger partial charge on any atom is -0.463 e. The van der Waals surface area contributed by atoms with Gasteiger partial charge < -0.3 is 9.52 Å². The summed E-state index contributed by atoms with van der Waals surface area (Å²) in [6.07, 6.45) is 1.58. The van der Waals surface area contributed by atoms with Gasteiger partial charge in [-0.15, -0.1) is 0 Å². The monoisotopic (exact) mass is 231 g/mol. The molecule has 2 N–H and O–H groups in total. The lowest BCUT2D eigenvalue weighted by Crippen LogP contribution is -1.98. The van der Waals surface area contributed by atoms with Gasteiger partial charge in [-0.1, -0.05) is 29.8 Å². The van der Waals surface area contributed by atoms with E-state index in [1.807, 2.05) is 31.2 Å². The molecule has 2 rings (SSSR count). The van der Waals surface area contributed by atoms with Crippen molar-refractivity contribution in [1.29, 1.82) is 5.41 Å². The van der Waals surface area contributed by atoms with Gasteiger partial charge in [-0.2, -0.15) is 0 Å². The third kappa shape index (κ3) is 3.89. The molecule has 0 saturated heterocycles. The van der Waals surface area contributed by atoms with Crippen LogP contribution in [0.4, 0.5) is 0 Å². The van der Waals surface area contributed by atoms with Crippen molar-refractivity contribution in [3.8, 4) is 0 Å². The number of nitrogens with one attached hydrogen (secondary N) is 1. The van der Waals surface area contributed by atoms with Gasteiger partial charge in [-0.3, -0.25) is 5.41 Å². The van der Waals surface area contributed by atoms with Crippen molar-refractivity contribution in [2.24, 2.45) is 0 Å². The van der Waals surface area contributed by atoms with Gasteiger partial charge >= 0.3 is 0 Å². The van der Waals surface area contributed by atoms with E-state index in [1.54, 1.807) is 25.3 Å². The number of rotatable bonds is 2. The van der Waals surface area contributed by atoms with Crippen LogP contribution in [0.25, 0.3) is 0 Å². The van der Waals surface area contributed by atoms with E-state index in [0.717, 1.165) is 5.56 Å². The fourth-order valence-electron chi connectivity index (χ4n) is 1.28. The lowest BCUT2D eigenvalue weighted by Gasteiger charge is -2.00. The Labute approximate surface area is 101 Å².